The van der Waals surface area contributed by atoms with E-state index in [2.05, 4.69) is 29.4 Å². The number of aromatic nitrogens is 1. The SMILES string of the molecule is Cc1cccc(O[C@@H](C)C(=O)Nc2nc3c(C)cc(C)cc3s2)c1. The number of aryl methyl sites for hydroxylation is 3. The van der Waals surface area contributed by atoms with Gasteiger partial charge in [-0.15, -0.1) is 0 Å². The third kappa shape index (κ3) is 3.57. The Morgan fingerprint density at radius 3 is 2.71 bits per heavy atom. The third-order valence-corrected chi connectivity index (χ3v) is 4.65. The van der Waals surface area contributed by atoms with Crippen molar-refractivity contribution in [1.29, 1.82) is 0 Å². The first-order valence-electron chi connectivity index (χ1n) is 7.84. The summed E-state index contributed by atoms with van der Waals surface area (Å²) < 4.78 is 6.79. The van der Waals surface area contributed by atoms with Crippen LogP contribution in [0.3, 0.4) is 0 Å². The van der Waals surface area contributed by atoms with Crippen molar-refractivity contribution in [2.75, 3.05) is 5.32 Å². The molecule has 3 rings (SSSR count). The summed E-state index contributed by atoms with van der Waals surface area (Å²) in [6.45, 7) is 7.82. The molecule has 2 aromatic carbocycles. The van der Waals surface area contributed by atoms with E-state index >= 15 is 0 Å². The van der Waals surface area contributed by atoms with E-state index < -0.39 is 6.10 Å². The summed E-state index contributed by atoms with van der Waals surface area (Å²) in [5.74, 6) is 0.485. The van der Waals surface area contributed by atoms with Gasteiger partial charge in [0.15, 0.2) is 11.2 Å². The fourth-order valence-electron chi connectivity index (χ4n) is 2.58. The summed E-state index contributed by atoms with van der Waals surface area (Å²) in [5.41, 5.74) is 4.34. The maximum absolute atomic E-state index is 12.4. The number of hydrogen-bond acceptors (Lipinski definition) is 4. The van der Waals surface area contributed by atoms with Crippen LogP contribution in [-0.2, 0) is 4.79 Å². The van der Waals surface area contributed by atoms with Crippen LogP contribution in [-0.4, -0.2) is 17.0 Å². The lowest BCUT2D eigenvalue weighted by Gasteiger charge is -2.13. The number of thiazole rings is 1. The smallest absolute Gasteiger partial charge is 0.266 e. The topological polar surface area (TPSA) is 51.2 Å². The fourth-order valence-corrected chi connectivity index (χ4v) is 3.62. The maximum Gasteiger partial charge on any atom is 0.266 e. The minimum Gasteiger partial charge on any atom is -0.481 e. The van der Waals surface area contributed by atoms with Crippen molar-refractivity contribution in [3.63, 3.8) is 0 Å². The fraction of sp³-hybridized carbons (Fsp3) is 0.263. The van der Waals surface area contributed by atoms with E-state index in [-0.39, 0.29) is 5.91 Å². The maximum atomic E-state index is 12.4. The van der Waals surface area contributed by atoms with Gasteiger partial charge in [-0.1, -0.05) is 29.5 Å². The molecule has 0 aliphatic carbocycles. The average Bonchev–Trinajstić information content (AvgIpc) is 2.89. The highest BCUT2D eigenvalue weighted by Gasteiger charge is 2.17. The zero-order valence-corrected chi connectivity index (χ0v) is 15.0. The second kappa shape index (κ2) is 6.61. The van der Waals surface area contributed by atoms with Crippen LogP contribution in [0.2, 0.25) is 0 Å². The Kier molecular flexibility index (Phi) is 4.53. The van der Waals surface area contributed by atoms with Crippen molar-refractivity contribution in [2.45, 2.75) is 33.8 Å². The Labute approximate surface area is 145 Å². The van der Waals surface area contributed by atoms with E-state index in [1.807, 2.05) is 38.1 Å². The van der Waals surface area contributed by atoms with Gasteiger partial charge in [0, 0.05) is 0 Å². The second-order valence-corrected chi connectivity index (χ2v) is 7.04. The van der Waals surface area contributed by atoms with Gasteiger partial charge in [0.05, 0.1) is 10.2 Å². The van der Waals surface area contributed by atoms with Gasteiger partial charge in [-0.2, -0.15) is 0 Å². The first-order chi connectivity index (χ1) is 11.4. The molecule has 5 heteroatoms. The summed E-state index contributed by atoms with van der Waals surface area (Å²) in [6.07, 6.45) is -0.596. The van der Waals surface area contributed by atoms with Gasteiger partial charge >= 0.3 is 0 Å². The molecule has 0 saturated carbocycles. The van der Waals surface area contributed by atoms with E-state index in [9.17, 15) is 4.79 Å². The summed E-state index contributed by atoms with van der Waals surface area (Å²) in [7, 11) is 0. The number of carbonyl (C=O) groups excluding carboxylic acids is 1. The molecule has 0 unspecified atom stereocenters. The van der Waals surface area contributed by atoms with Gasteiger partial charge < -0.3 is 4.74 Å². The van der Waals surface area contributed by atoms with Crippen molar-refractivity contribution in [1.82, 2.24) is 4.98 Å². The lowest BCUT2D eigenvalue weighted by Crippen LogP contribution is -2.30. The monoisotopic (exact) mass is 340 g/mol. The molecule has 4 nitrogen and oxygen atoms in total. The molecule has 0 aliphatic rings. The first-order valence-corrected chi connectivity index (χ1v) is 8.66. The van der Waals surface area contributed by atoms with E-state index in [1.54, 1.807) is 6.92 Å². The Bertz CT molecular complexity index is 902. The summed E-state index contributed by atoms with van der Waals surface area (Å²) in [4.78, 5) is 16.9. The molecule has 1 aromatic heterocycles. The molecule has 0 bridgehead atoms. The van der Waals surface area contributed by atoms with Crippen LogP contribution in [0.1, 0.15) is 23.6 Å². The molecule has 1 heterocycles. The van der Waals surface area contributed by atoms with Crippen LogP contribution in [0.5, 0.6) is 5.75 Å². The van der Waals surface area contributed by atoms with Crippen LogP contribution in [0.15, 0.2) is 36.4 Å². The number of nitrogens with one attached hydrogen (secondary N) is 1. The highest BCUT2D eigenvalue weighted by molar-refractivity contribution is 7.22. The van der Waals surface area contributed by atoms with Gasteiger partial charge in [-0.05, 0) is 62.6 Å². The Hall–Kier alpha value is -2.40. The van der Waals surface area contributed by atoms with Crippen molar-refractivity contribution in [3.05, 3.63) is 53.1 Å². The minimum atomic E-state index is -0.596. The number of hydrogen-bond donors (Lipinski definition) is 1. The highest BCUT2D eigenvalue weighted by atomic mass is 32.1. The van der Waals surface area contributed by atoms with Gasteiger partial charge in [0.1, 0.15) is 5.75 Å². The Balaban J connectivity index is 1.73. The third-order valence-electron chi connectivity index (χ3n) is 3.73. The number of ether oxygens (including phenoxy) is 1. The number of carbonyl (C=O) groups is 1. The number of anilines is 1. The quantitative estimate of drug-likeness (QED) is 0.753. The van der Waals surface area contributed by atoms with Crippen LogP contribution < -0.4 is 10.1 Å². The van der Waals surface area contributed by atoms with Crippen LogP contribution in [0.4, 0.5) is 5.13 Å². The summed E-state index contributed by atoms with van der Waals surface area (Å²) in [6, 6.07) is 11.8. The number of nitrogens with zero attached hydrogens (tertiary/aromatic N) is 1. The molecule has 0 saturated heterocycles. The molecular formula is C19H20N2O2S. The predicted molar refractivity (Wildman–Crippen MR) is 99.0 cm³/mol. The largest absolute Gasteiger partial charge is 0.481 e. The summed E-state index contributed by atoms with van der Waals surface area (Å²) in [5, 5.41) is 3.46. The van der Waals surface area contributed by atoms with Gasteiger partial charge in [-0.25, -0.2) is 4.98 Å². The lowest BCUT2D eigenvalue weighted by molar-refractivity contribution is -0.122. The molecule has 124 valence electrons. The standard InChI is InChI=1S/C19H20N2O2S/c1-11-6-5-7-15(9-11)23-14(4)18(22)21-19-20-17-13(3)8-12(2)10-16(17)24-19/h5-10,14H,1-4H3,(H,20,21,22)/t14-/m0/s1. The van der Waals surface area contributed by atoms with Crippen LogP contribution in [0.25, 0.3) is 10.2 Å². The van der Waals surface area contributed by atoms with E-state index in [0.29, 0.717) is 10.9 Å². The molecule has 1 amide bonds. The molecule has 1 atom stereocenters. The molecule has 0 radical (unpaired) electrons. The van der Waals surface area contributed by atoms with Gasteiger partial charge in [0.2, 0.25) is 0 Å². The molecule has 0 fully saturated rings. The average molecular weight is 340 g/mol. The molecule has 0 spiro atoms. The molecule has 1 N–H and O–H groups in total. The van der Waals surface area contributed by atoms with Crippen LogP contribution in [0, 0.1) is 20.8 Å². The number of fused-ring (bicyclic) bond motifs is 1. The molecule has 24 heavy (non-hydrogen) atoms. The van der Waals surface area contributed by atoms with Crippen molar-refractivity contribution in [2.24, 2.45) is 0 Å². The number of benzene rings is 2. The normalized spacial score (nSPS) is 12.2. The van der Waals surface area contributed by atoms with Crippen molar-refractivity contribution < 1.29 is 9.53 Å². The van der Waals surface area contributed by atoms with Gasteiger partial charge in [-0.3, -0.25) is 10.1 Å². The first kappa shape index (κ1) is 16.5. The molecular weight excluding hydrogens is 320 g/mol. The van der Waals surface area contributed by atoms with Crippen molar-refractivity contribution >= 4 is 32.6 Å². The number of amides is 1. The second-order valence-electron chi connectivity index (χ2n) is 6.01. The van der Waals surface area contributed by atoms with Gasteiger partial charge in [0.25, 0.3) is 5.91 Å². The molecule has 3 aromatic rings. The van der Waals surface area contributed by atoms with E-state index in [4.69, 9.17) is 4.74 Å². The lowest BCUT2D eigenvalue weighted by atomic mass is 10.1. The minimum absolute atomic E-state index is 0.204. The molecule has 0 aliphatic heterocycles. The Morgan fingerprint density at radius 1 is 1.17 bits per heavy atom. The van der Waals surface area contributed by atoms with Crippen LogP contribution >= 0.6 is 11.3 Å². The van der Waals surface area contributed by atoms with E-state index in [0.717, 1.165) is 21.3 Å². The van der Waals surface area contributed by atoms with Crippen molar-refractivity contribution in [3.8, 4) is 5.75 Å². The van der Waals surface area contributed by atoms with E-state index in [1.165, 1.54) is 16.9 Å². The predicted octanol–water partition coefficient (Wildman–Crippen LogP) is 4.63. The zero-order chi connectivity index (χ0) is 17.3. The summed E-state index contributed by atoms with van der Waals surface area (Å²) >= 11 is 1.48. The Morgan fingerprint density at radius 2 is 1.96 bits per heavy atom. The highest BCUT2D eigenvalue weighted by Crippen LogP contribution is 2.29. The number of rotatable bonds is 4. The zero-order valence-electron chi connectivity index (χ0n) is 14.2.